The number of rotatable bonds is 5. The average Bonchev–Trinajstić information content (AvgIpc) is 2.29. The van der Waals surface area contributed by atoms with Gasteiger partial charge in [-0.2, -0.15) is 0 Å². The van der Waals surface area contributed by atoms with Gasteiger partial charge < -0.3 is 21.1 Å². The van der Waals surface area contributed by atoms with Crippen molar-refractivity contribution in [2.75, 3.05) is 38.4 Å². The lowest BCUT2D eigenvalue weighted by Gasteiger charge is -2.11. The molecule has 0 bridgehead atoms. The van der Waals surface area contributed by atoms with Gasteiger partial charge in [-0.05, 0) is 18.2 Å². The van der Waals surface area contributed by atoms with E-state index >= 15 is 0 Å². The van der Waals surface area contributed by atoms with E-state index in [4.69, 9.17) is 10.5 Å². The zero-order chi connectivity index (χ0) is 12.0. The van der Waals surface area contributed by atoms with Crippen LogP contribution in [0.2, 0.25) is 0 Å². The molecule has 0 aliphatic rings. The molecule has 0 heterocycles. The third-order valence-electron chi connectivity index (χ3n) is 2.14. The summed E-state index contributed by atoms with van der Waals surface area (Å²) in [7, 11) is 3.22. The molecule has 1 rings (SSSR count). The summed E-state index contributed by atoms with van der Waals surface area (Å²) in [6.45, 7) is 1.20. The molecule has 0 unspecified atom stereocenters. The number of hydrogen-bond acceptors (Lipinski definition) is 4. The van der Waals surface area contributed by atoms with Gasteiger partial charge in [0, 0.05) is 32.1 Å². The van der Waals surface area contributed by atoms with E-state index in [1.54, 1.807) is 32.4 Å². The monoisotopic (exact) mass is 223 g/mol. The third kappa shape index (κ3) is 3.13. The average molecular weight is 223 g/mol. The summed E-state index contributed by atoms with van der Waals surface area (Å²) in [4.78, 5) is 11.6. The van der Waals surface area contributed by atoms with Crippen LogP contribution in [0.4, 0.5) is 11.4 Å². The van der Waals surface area contributed by atoms with Crippen molar-refractivity contribution >= 4 is 17.3 Å². The molecule has 1 amide bonds. The summed E-state index contributed by atoms with van der Waals surface area (Å²) in [5, 5.41) is 5.68. The number of anilines is 2. The highest BCUT2D eigenvalue weighted by atomic mass is 16.5. The zero-order valence-electron chi connectivity index (χ0n) is 9.54. The number of nitrogens with one attached hydrogen (secondary N) is 2. The molecule has 1 aromatic carbocycles. The summed E-state index contributed by atoms with van der Waals surface area (Å²) < 4.78 is 4.93. The second-order valence-electron chi connectivity index (χ2n) is 3.30. The molecule has 0 aromatic heterocycles. The minimum atomic E-state index is -0.139. The van der Waals surface area contributed by atoms with Crippen LogP contribution >= 0.6 is 0 Å². The number of nitrogen functional groups attached to an aromatic ring is 1. The number of carbonyl (C=O) groups is 1. The van der Waals surface area contributed by atoms with Gasteiger partial charge in [0.05, 0.1) is 12.2 Å². The molecule has 0 saturated heterocycles. The van der Waals surface area contributed by atoms with Crippen molar-refractivity contribution in [3.8, 4) is 0 Å². The summed E-state index contributed by atoms with van der Waals surface area (Å²) in [6, 6.07) is 5.13. The van der Waals surface area contributed by atoms with E-state index in [0.717, 1.165) is 5.69 Å². The molecule has 0 radical (unpaired) electrons. The van der Waals surface area contributed by atoms with Gasteiger partial charge in [-0.1, -0.05) is 0 Å². The number of carbonyl (C=O) groups excluding carboxylic acids is 1. The number of hydrogen-bond donors (Lipinski definition) is 3. The molecule has 5 heteroatoms. The number of benzene rings is 1. The van der Waals surface area contributed by atoms with Crippen molar-refractivity contribution in [1.29, 1.82) is 0 Å². The highest BCUT2D eigenvalue weighted by Crippen LogP contribution is 2.18. The minimum absolute atomic E-state index is 0.139. The lowest BCUT2D eigenvalue weighted by molar-refractivity contribution is 0.0964. The molecular weight excluding hydrogens is 206 g/mol. The van der Waals surface area contributed by atoms with Gasteiger partial charge in [0.2, 0.25) is 0 Å². The molecule has 0 atom stereocenters. The lowest BCUT2D eigenvalue weighted by Crippen LogP contribution is -2.20. The second kappa shape index (κ2) is 5.97. The minimum Gasteiger partial charge on any atom is -0.399 e. The molecule has 0 aliphatic carbocycles. The summed E-state index contributed by atoms with van der Waals surface area (Å²) >= 11 is 0. The van der Waals surface area contributed by atoms with E-state index < -0.39 is 0 Å². The second-order valence-corrected chi connectivity index (χ2v) is 3.30. The van der Waals surface area contributed by atoms with Crippen molar-refractivity contribution in [2.24, 2.45) is 0 Å². The maximum absolute atomic E-state index is 11.6. The predicted octanol–water partition coefficient (Wildman–Crippen LogP) is 0.687. The Labute approximate surface area is 95.0 Å². The summed E-state index contributed by atoms with van der Waals surface area (Å²) in [6.07, 6.45) is 0. The lowest BCUT2D eigenvalue weighted by atomic mass is 10.1. The van der Waals surface area contributed by atoms with Crippen LogP contribution < -0.4 is 16.4 Å². The Bertz CT molecular complexity index is 366. The fourth-order valence-corrected chi connectivity index (χ4v) is 1.33. The van der Waals surface area contributed by atoms with Gasteiger partial charge in [-0.3, -0.25) is 4.79 Å². The largest absolute Gasteiger partial charge is 0.399 e. The first-order valence-corrected chi connectivity index (χ1v) is 5.03. The van der Waals surface area contributed by atoms with Crippen molar-refractivity contribution < 1.29 is 9.53 Å². The molecule has 4 N–H and O–H groups in total. The standard InChI is InChI=1S/C11H17N3O2/c1-13-11(15)9-4-3-8(12)7-10(9)14-5-6-16-2/h3-4,7,14H,5-6,12H2,1-2H3,(H,13,15). The van der Waals surface area contributed by atoms with Crippen LogP contribution in [0.15, 0.2) is 18.2 Å². The van der Waals surface area contributed by atoms with Crippen LogP contribution in [0.5, 0.6) is 0 Å². The normalized spacial score (nSPS) is 9.88. The maximum Gasteiger partial charge on any atom is 0.253 e. The van der Waals surface area contributed by atoms with E-state index in [2.05, 4.69) is 10.6 Å². The number of ether oxygens (including phenoxy) is 1. The quantitative estimate of drug-likeness (QED) is 0.507. The van der Waals surface area contributed by atoms with Gasteiger partial charge in [-0.25, -0.2) is 0 Å². The van der Waals surface area contributed by atoms with E-state index in [9.17, 15) is 4.79 Å². The smallest absolute Gasteiger partial charge is 0.253 e. The van der Waals surface area contributed by atoms with Crippen molar-refractivity contribution in [3.63, 3.8) is 0 Å². The third-order valence-corrected chi connectivity index (χ3v) is 2.14. The fourth-order valence-electron chi connectivity index (χ4n) is 1.33. The topological polar surface area (TPSA) is 76.4 Å². The van der Waals surface area contributed by atoms with Crippen molar-refractivity contribution in [1.82, 2.24) is 5.32 Å². The molecule has 0 aliphatic heterocycles. The highest BCUT2D eigenvalue weighted by Gasteiger charge is 2.09. The molecule has 0 saturated carbocycles. The molecule has 16 heavy (non-hydrogen) atoms. The van der Waals surface area contributed by atoms with Crippen LogP contribution in [-0.2, 0) is 4.74 Å². The van der Waals surface area contributed by atoms with Gasteiger partial charge >= 0.3 is 0 Å². The number of methoxy groups -OCH3 is 1. The van der Waals surface area contributed by atoms with Crippen LogP contribution in [0, 0.1) is 0 Å². The Morgan fingerprint density at radius 1 is 1.50 bits per heavy atom. The Morgan fingerprint density at radius 3 is 2.88 bits per heavy atom. The Balaban J connectivity index is 2.85. The van der Waals surface area contributed by atoms with E-state index in [0.29, 0.717) is 24.4 Å². The van der Waals surface area contributed by atoms with Gasteiger partial charge in [0.25, 0.3) is 5.91 Å². The maximum atomic E-state index is 11.6. The summed E-state index contributed by atoms with van der Waals surface area (Å²) in [5.41, 5.74) is 7.58. The van der Waals surface area contributed by atoms with Crippen LogP contribution in [0.3, 0.4) is 0 Å². The van der Waals surface area contributed by atoms with Crippen molar-refractivity contribution in [3.05, 3.63) is 23.8 Å². The fraction of sp³-hybridized carbons (Fsp3) is 0.364. The van der Waals surface area contributed by atoms with Gasteiger partial charge in [0.15, 0.2) is 0 Å². The first kappa shape index (κ1) is 12.3. The number of nitrogens with two attached hydrogens (primary N) is 1. The Morgan fingerprint density at radius 2 is 2.25 bits per heavy atom. The SMILES string of the molecule is CNC(=O)c1ccc(N)cc1NCCOC. The van der Waals surface area contributed by atoms with Gasteiger partial charge in [-0.15, -0.1) is 0 Å². The van der Waals surface area contributed by atoms with Crippen LogP contribution in [0.25, 0.3) is 0 Å². The Kier molecular flexibility index (Phi) is 4.60. The molecule has 0 fully saturated rings. The van der Waals surface area contributed by atoms with Crippen LogP contribution in [0.1, 0.15) is 10.4 Å². The predicted molar refractivity (Wildman–Crippen MR) is 64.6 cm³/mol. The molecule has 1 aromatic rings. The van der Waals surface area contributed by atoms with E-state index in [1.807, 2.05) is 0 Å². The number of amides is 1. The highest BCUT2D eigenvalue weighted by molar-refractivity contribution is 6.00. The van der Waals surface area contributed by atoms with E-state index in [1.165, 1.54) is 0 Å². The first-order chi connectivity index (χ1) is 7.69. The summed E-state index contributed by atoms with van der Waals surface area (Å²) in [5.74, 6) is -0.139. The van der Waals surface area contributed by atoms with E-state index in [-0.39, 0.29) is 5.91 Å². The Hall–Kier alpha value is -1.75. The van der Waals surface area contributed by atoms with Crippen LogP contribution in [-0.4, -0.2) is 33.2 Å². The molecule has 88 valence electrons. The molecule has 5 nitrogen and oxygen atoms in total. The van der Waals surface area contributed by atoms with Gasteiger partial charge in [0.1, 0.15) is 0 Å². The molecular formula is C11H17N3O2. The molecule has 0 spiro atoms. The first-order valence-electron chi connectivity index (χ1n) is 5.03. The zero-order valence-corrected chi connectivity index (χ0v) is 9.54. The van der Waals surface area contributed by atoms with Crippen molar-refractivity contribution in [2.45, 2.75) is 0 Å².